The lowest BCUT2D eigenvalue weighted by molar-refractivity contribution is -0.411. The molecule has 0 aromatic heterocycles. The third kappa shape index (κ3) is 1.51. The zero-order chi connectivity index (χ0) is 18.8. The molecular weight excluding hydrogens is 336 g/mol. The van der Waals surface area contributed by atoms with E-state index in [1.54, 1.807) is 0 Å². The molecule has 4 bridgehead atoms. The van der Waals surface area contributed by atoms with Crippen molar-refractivity contribution in [2.24, 2.45) is 34.0 Å². The second-order valence-corrected chi connectivity index (χ2v) is 9.93. The van der Waals surface area contributed by atoms with Crippen LogP contribution in [0.5, 0.6) is 0 Å². The molecule has 26 heavy (non-hydrogen) atoms. The van der Waals surface area contributed by atoms with Gasteiger partial charge in [0.1, 0.15) is 0 Å². The van der Waals surface area contributed by atoms with E-state index in [9.17, 15) is 25.2 Å². The lowest BCUT2D eigenvalue weighted by Gasteiger charge is -2.73. The third-order valence-electron chi connectivity index (χ3n) is 8.83. The van der Waals surface area contributed by atoms with E-state index in [2.05, 4.69) is 20.4 Å². The van der Waals surface area contributed by atoms with E-state index in [4.69, 9.17) is 4.74 Å². The number of Topliss-reactive ketones (excluding diaryl/α,β-unsaturated/α-hetero) is 1. The molecule has 6 rings (SSSR count). The van der Waals surface area contributed by atoms with Gasteiger partial charge in [0.25, 0.3) is 0 Å². The minimum Gasteiger partial charge on any atom is -0.393 e. The van der Waals surface area contributed by atoms with Crippen molar-refractivity contribution in [1.29, 1.82) is 0 Å². The lowest BCUT2D eigenvalue weighted by Crippen LogP contribution is -2.80. The Morgan fingerprint density at radius 3 is 2.54 bits per heavy atom. The van der Waals surface area contributed by atoms with Crippen LogP contribution in [0, 0.1) is 34.0 Å². The van der Waals surface area contributed by atoms with Crippen LogP contribution >= 0.6 is 0 Å². The van der Waals surface area contributed by atoms with Crippen LogP contribution in [-0.4, -0.2) is 56.9 Å². The number of ether oxygens (including phenoxy) is 1. The van der Waals surface area contributed by atoms with Gasteiger partial charge >= 0.3 is 0 Å². The quantitative estimate of drug-likeness (QED) is 0.463. The molecule has 4 saturated carbocycles. The monoisotopic (exact) mass is 364 g/mol. The van der Waals surface area contributed by atoms with Gasteiger partial charge in [-0.25, -0.2) is 0 Å². The van der Waals surface area contributed by atoms with E-state index >= 15 is 0 Å². The highest BCUT2D eigenvalue weighted by Gasteiger charge is 2.83. The lowest BCUT2D eigenvalue weighted by atomic mass is 9.36. The first kappa shape index (κ1) is 17.3. The van der Waals surface area contributed by atoms with Gasteiger partial charge in [-0.2, -0.15) is 0 Å². The Morgan fingerprint density at radius 2 is 1.85 bits per heavy atom. The van der Waals surface area contributed by atoms with Crippen LogP contribution in [0.1, 0.15) is 39.5 Å². The number of hydrogen-bond acceptors (Lipinski definition) is 6. The van der Waals surface area contributed by atoms with Gasteiger partial charge < -0.3 is 25.2 Å². The standard InChI is InChI=1S/C20H28O6/c1-8-9-6-10(21)14-19-11(18(2,3)5-4-12(19)22)7-13(26-17(19)25)20(14,15(8)23)16(9)24/h9-14,16-17,21-22,24-25H,1,4-7H2,2-3H3/t9-,10?,11+,12+,13?,14?,16?,17?,19+,20?/m0/s1. The summed E-state index contributed by atoms with van der Waals surface area (Å²) in [7, 11) is 0. The highest BCUT2D eigenvalue weighted by molar-refractivity contribution is 6.04. The van der Waals surface area contributed by atoms with Gasteiger partial charge in [-0.05, 0) is 42.6 Å². The Bertz CT molecular complexity index is 696. The SMILES string of the molecule is C=C1C(=O)C23C4C[C@@H]5C(C)(C)CC[C@@H](O)[C@@]5(C(O)O4)C2C(O)C[C@@H]1C3O. The fourth-order valence-electron chi connectivity index (χ4n) is 7.83. The van der Waals surface area contributed by atoms with Crippen LogP contribution in [-0.2, 0) is 9.53 Å². The number of carbonyl (C=O) groups excluding carboxylic acids is 1. The van der Waals surface area contributed by atoms with Crippen LogP contribution < -0.4 is 0 Å². The third-order valence-corrected chi connectivity index (χ3v) is 8.83. The second kappa shape index (κ2) is 4.78. The van der Waals surface area contributed by atoms with E-state index in [0.29, 0.717) is 18.4 Å². The Labute approximate surface area is 152 Å². The molecule has 2 aliphatic heterocycles. The van der Waals surface area contributed by atoms with Crippen molar-refractivity contribution in [3.8, 4) is 0 Å². The van der Waals surface area contributed by atoms with Crippen molar-refractivity contribution in [1.82, 2.24) is 0 Å². The molecular formula is C20H28O6. The largest absolute Gasteiger partial charge is 0.393 e. The molecule has 0 aromatic carbocycles. The summed E-state index contributed by atoms with van der Waals surface area (Å²) < 4.78 is 5.90. The van der Waals surface area contributed by atoms with Crippen LogP contribution in [0.2, 0.25) is 0 Å². The summed E-state index contributed by atoms with van der Waals surface area (Å²) >= 11 is 0. The predicted octanol–water partition coefficient (Wildman–Crippen LogP) is 0.374. The van der Waals surface area contributed by atoms with Gasteiger partial charge in [0, 0.05) is 11.8 Å². The normalized spacial score (nSPS) is 59.9. The summed E-state index contributed by atoms with van der Waals surface area (Å²) in [6, 6.07) is 0. The van der Waals surface area contributed by atoms with E-state index in [1.807, 2.05) is 0 Å². The van der Waals surface area contributed by atoms with Gasteiger partial charge in [-0.3, -0.25) is 4.79 Å². The van der Waals surface area contributed by atoms with Crippen LogP contribution in [0.4, 0.5) is 0 Å². The van der Waals surface area contributed by atoms with Crippen molar-refractivity contribution in [2.45, 2.75) is 70.2 Å². The number of aliphatic hydroxyl groups excluding tert-OH is 4. The van der Waals surface area contributed by atoms with Crippen LogP contribution in [0.15, 0.2) is 12.2 Å². The average molecular weight is 364 g/mol. The van der Waals surface area contributed by atoms with E-state index in [1.165, 1.54) is 0 Å². The summed E-state index contributed by atoms with van der Waals surface area (Å²) in [5.74, 6) is -1.54. The number of ketones is 1. The fraction of sp³-hybridized carbons (Fsp3) is 0.850. The van der Waals surface area contributed by atoms with Gasteiger partial charge in [-0.1, -0.05) is 20.4 Å². The topological polar surface area (TPSA) is 107 Å². The molecule has 0 radical (unpaired) electrons. The summed E-state index contributed by atoms with van der Waals surface area (Å²) in [5, 5.41) is 44.4. The molecule has 6 nitrogen and oxygen atoms in total. The Balaban J connectivity index is 1.79. The van der Waals surface area contributed by atoms with Crippen LogP contribution in [0.3, 0.4) is 0 Å². The Kier molecular flexibility index (Phi) is 3.19. The zero-order valence-corrected chi connectivity index (χ0v) is 15.3. The molecule has 0 aromatic rings. The van der Waals surface area contributed by atoms with Gasteiger partial charge in [-0.15, -0.1) is 0 Å². The predicted molar refractivity (Wildman–Crippen MR) is 90.6 cm³/mol. The molecule has 0 amide bonds. The fourth-order valence-corrected chi connectivity index (χ4v) is 7.83. The maximum atomic E-state index is 13.3. The minimum absolute atomic E-state index is 0.0943. The highest BCUT2D eigenvalue weighted by atomic mass is 16.6. The van der Waals surface area contributed by atoms with E-state index < -0.39 is 53.4 Å². The Hall–Kier alpha value is -0.790. The van der Waals surface area contributed by atoms with E-state index in [-0.39, 0.29) is 23.5 Å². The molecule has 6 heteroatoms. The molecule has 4 aliphatic carbocycles. The number of carbonyl (C=O) groups is 1. The van der Waals surface area contributed by atoms with E-state index in [0.717, 1.165) is 6.42 Å². The number of fused-ring (bicyclic) bond motifs is 2. The molecule has 2 spiro atoms. The smallest absolute Gasteiger partial charge is 0.170 e. The van der Waals surface area contributed by atoms with Crippen molar-refractivity contribution in [2.75, 3.05) is 0 Å². The first-order valence-electron chi connectivity index (χ1n) is 9.72. The van der Waals surface area contributed by atoms with Crippen molar-refractivity contribution >= 4 is 5.78 Å². The summed E-state index contributed by atoms with van der Waals surface area (Å²) in [6.45, 7) is 8.14. The second-order valence-electron chi connectivity index (χ2n) is 9.93. The maximum absolute atomic E-state index is 13.3. The Morgan fingerprint density at radius 1 is 1.15 bits per heavy atom. The zero-order valence-electron chi connectivity index (χ0n) is 15.3. The minimum atomic E-state index is -1.30. The van der Waals surface area contributed by atoms with Gasteiger partial charge in [0.05, 0.1) is 35.2 Å². The summed E-state index contributed by atoms with van der Waals surface area (Å²) in [4.78, 5) is 13.3. The molecule has 4 N–H and O–H groups in total. The average Bonchev–Trinajstić information content (AvgIpc) is 2.70. The van der Waals surface area contributed by atoms with Gasteiger partial charge in [0.2, 0.25) is 0 Å². The van der Waals surface area contributed by atoms with Crippen molar-refractivity contribution < 1.29 is 30.0 Å². The molecule has 2 saturated heterocycles. The first-order chi connectivity index (χ1) is 12.1. The number of rotatable bonds is 0. The molecule has 2 heterocycles. The number of aliphatic hydroxyl groups is 4. The van der Waals surface area contributed by atoms with Crippen molar-refractivity contribution in [3.05, 3.63) is 12.2 Å². The molecule has 144 valence electrons. The summed E-state index contributed by atoms with van der Waals surface area (Å²) in [6.07, 6.45) is -2.67. The molecule has 10 atom stereocenters. The van der Waals surface area contributed by atoms with Gasteiger partial charge in [0.15, 0.2) is 12.1 Å². The van der Waals surface area contributed by atoms with Crippen molar-refractivity contribution in [3.63, 3.8) is 0 Å². The van der Waals surface area contributed by atoms with Crippen LogP contribution in [0.25, 0.3) is 0 Å². The maximum Gasteiger partial charge on any atom is 0.170 e. The molecule has 6 fully saturated rings. The molecule has 6 aliphatic rings. The summed E-state index contributed by atoms with van der Waals surface area (Å²) in [5.41, 5.74) is -2.27. The number of hydrogen-bond donors (Lipinski definition) is 4. The highest BCUT2D eigenvalue weighted by Crippen LogP contribution is 2.75. The first-order valence-corrected chi connectivity index (χ1v) is 9.72. The molecule has 6 unspecified atom stereocenters.